The van der Waals surface area contributed by atoms with Crippen molar-refractivity contribution >= 4 is 45.8 Å². The number of carboxylic acid groups (broad SMARTS) is 1. The van der Waals surface area contributed by atoms with Gasteiger partial charge < -0.3 is 15.0 Å². The standard InChI is InChI=1S/C25H22Cl2N2O2/c26-24-21-12-8-19(15-28-20-10-6-17(7-11-20)9-13-23(30)31)14-22(21)29(25(24)27)16-18-4-2-1-3-5-18/h1-8,10-12,14,28H,9,13,15-16H2,(H,30,31). The molecule has 0 aliphatic heterocycles. The van der Waals surface area contributed by atoms with Gasteiger partial charge in [0.05, 0.1) is 10.5 Å². The zero-order valence-corrected chi connectivity index (χ0v) is 18.3. The lowest BCUT2D eigenvalue weighted by Crippen LogP contribution is -2.02. The summed E-state index contributed by atoms with van der Waals surface area (Å²) >= 11 is 13.0. The van der Waals surface area contributed by atoms with Gasteiger partial charge in [0.15, 0.2) is 0 Å². The fraction of sp³-hybridized carbons (Fsp3) is 0.160. The molecule has 1 heterocycles. The van der Waals surface area contributed by atoms with Gasteiger partial charge in [-0.15, -0.1) is 0 Å². The third kappa shape index (κ3) is 5.04. The number of hydrogen-bond acceptors (Lipinski definition) is 2. The number of carbonyl (C=O) groups is 1. The number of aromatic nitrogens is 1. The highest BCUT2D eigenvalue weighted by Gasteiger charge is 2.15. The van der Waals surface area contributed by atoms with E-state index in [2.05, 4.69) is 23.5 Å². The normalized spacial score (nSPS) is 11.0. The first-order valence-electron chi connectivity index (χ1n) is 10.1. The van der Waals surface area contributed by atoms with Gasteiger partial charge >= 0.3 is 5.97 Å². The van der Waals surface area contributed by atoms with Crippen LogP contribution in [0.25, 0.3) is 10.9 Å². The van der Waals surface area contributed by atoms with Gasteiger partial charge in [-0.05, 0) is 41.3 Å². The van der Waals surface area contributed by atoms with Crippen LogP contribution in [0.1, 0.15) is 23.1 Å². The molecule has 1 aromatic heterocycles. The summed E-state index contributed by atoms with van der Waals surface area (Å²) in [5.41, 5.74) is 5.27. The number of carboxylic acids is 1. The fourth-order valence-corrected chi connectivity index (χ4v) is 4.11. The highest BCUT2D eigenvalue weighted by Crippen LogP contribution is 2.35. The molecule has 0 fully saturated rings. The molecule has 31 heavy (non-hydrogen) atoms. The Hall–Kier alpha value is -2.95. The van der Waals surface area contributed by atoms with Crippen LogP contribution in [0.5, 0.6) is 0 Å². The van der Waals surface area contributed by atoms with Crippen molar-refractivity contribution in [3.05, 3.63) is 99.7 Å². The van der Waals surface area contributed by atoms with E-state index < -0.39 is 5.97 Å². The lowest BCUT2D eigenvalue weighted by molar-refractivity contribution is -0.136. The number of rotatable bonds is 8. The zero-order valence-electron chi connectivity index (χ0n) is 16.8. The lowest BCUT2D eigenvalue weighted by Gasteiger charge is -2.10. The fourth-order valence-electron chi connectivity index (χ4n) is 3.60. The molecule has 0 radical (unpaired) electrons. The van der Waals surface area contributed by atoms with Crippen LogP contribution in [-0.4, -0.2) is 15.6 Å². The summed E-state index contributed by atoms with van der Waals surface area (Å²) in [5.74, 6) is -0.783. The first-order chi connectivity index (χ1) is 15.0. The second-order valence-corrected chi connectivity index (χ2v) is 8.21. The van der Waals surface area contributed by atoms with E-state index in [0.29, 0.717) is 29.7 Å². The van der Waals surface area contributed by atoms with Crippen LogP contribution < -0.4 is 5.32 Å². The van der Waals surface area contributed by atoms with E-state index in [4.69, 9.17) is 28.3 Å². The molecule has 4 rings (SSSR count). The van der Waals surface area contributed by atoms with Crippen molar-refractivity contribution in [2.24, 2.45) is 0 Å². The molecule has 6 heteroatoms. The van der Waals surface area contributed by atoms with Gasteiger partial charge in [0.2, 0.25) is 0 Å². The second-order valence-electron chi connectivity index (χ2n) is 7.47. The lowest BCUT2D eigenvalue weighted by atomic mass is 10.1. The average Bonchev–Trinajstić information content (AvgIpc) is 3.02. The minimum atomic E-state index is -0.783. The summed E-state index contributed by atoms with van der Waals surface area (Å²) in [7, 11) is 0. The molecule has 0 unspecified atom stereocenters. The summed E-state index contributed by atoms with van der Waals surface area (Å²) in [4.78, 5) is 10.7. The number of fused-ring (bicyclic) bond motifs is 1. The summed E-state index contributed by atoms with van der Waals surface area (Å²) in [6.45, 7) is 1.30. The topological polar surface area (TPSA) is 54.3 Å². The molecule has 0 aliphatic carbocycles. The maximum absolute atomic E-state index is 10.7. The first kappa shape index (κ1) is 21.3. The molecule has 0 spiro atoms. The molecule has 158 valence electrons. The predicted molar refractivity (Wildman–Crippen MR) is 127 cm³/mol. The largest absolute Gasteiger partial charge is 0.481 e. The van der Waals surface area contributed by atoms with E-state index in [-0.39, 0.29) is 6.42 Å². The molecular formula is C25H22Cl2N2O2. The van der Waals surface area contributed by atoms with Crippen LogP contribution in [0.2, 0.25) is 10.2 Å². The number of benzene rings is 3. The van der Waals surface area contributed by atoms with Crippen molar-refractivity contribution in [1.29, 1.82) is 0 Å². The second kappa shape index (κ2) is 9.46. The molecule has 0 amide bonds. The molecule has 4 nitrogen and oxygen atoms in total. The Kier molecular flexibility index (Phi) is 6.50. The minimum Gasteiger partial charge on any atom is -0.481 e. The highest BCUT2D eigenvalue weighted by molar-refractivity contribution is 6.45. The van der Waals surface area contributed by atoms with Crippen LogP contribution in [0.15, 0.2) is 72.8 Å². The Morgan fingerprint density at radius 3 is 2.32 bits per heavy atom. The van der Waals surface area contributed by atoms with E-state index in [1.54, 1.807) is 0 Å². The Balaban J connectivity index is 1.51. The van der Waals surface area contributed by atoms with Crippen LogP contribution in [-0.2, 0) is 24.3 Å². The molecule has 0 atom stereocenters. The Morgan fingerprint density at radius 2 is 1.61 bits per heavy atom. The molecule has 0 saturated carbocycles. The minimum absolute atomic E-state index is 0.139. The quantitative estimate of drug-likeness (QED) is 0.315. The number of nitrogens with zero attached hydrogens (tertiary/aromatic N) is 1. The van der Waals surface area contributed by atoms with E-state index in [1.807, 2.05) is 59.2 Å². The van der Waals surface area contributed by atoms with Crippen LogP contribution >= 0.6 is 23.2 Å². The van der Waals surface area contributed by atoms with Gasteiger partial charge in [-0.1, -0.05) is 77.8 Å². The van der Waals surface area contributed by atoms with E-state index in [0.717, 1.165) is 33.3 Å². The summed E-state index contributed by atoms with van der Waals surface area (Å²) in [6, 6.07) is 24.2. The van der Waals surface area contributed by atoms with Gasteiger partial charge in [0, 0.05) is 30.6 Å². The van der Waals surface area contributed by atoms with Gasteiger partial charge in [0.25, 0.3) is 0 Å². The van der Waals surface area contributed by atoms with Crippen LogP contribution in [0.3, 0.4) is 0 Å². The van der Waals surface area contributed by atoms with Gasteiger partial charge in [-0.2, -0.15) is 0 Å². The van der Waals surface area contributed by atoms with Gasteiger partial charge in [-0.25, -0.2) is 0 Å². The molecule has 0 aliphatic rings. The van der Waals surface area contributed by atoms with Crippen LogP contribution in [0, 0.1) is 0 Å². The van der Waals surface area contributed by atoms with Crippen molar-refractivity contribution < 1.29 is 9.90 Å². The third-order valence-electron chi connectivity index (χ3n) is 5.27. The number of halogens is 2. The number of hydrogen-bond donors (Lipinski definition) is 2. The average molecular weight is 453 g/mol. The molecule has 0 saturated heterocycles. The van der Waals surface area contributed by atoms with E-state index in [1.165, 1.54) is 0 Å². The molecule has 0 bridgehead atoms. The smallest absolute Gasteiger partial charge is 0.303 e. The number of aryl methyl sites for hydroxylation is 1. The first-order valence-corrected chi connectivity index (χ1v) is 10.8. The Morgan fingerprint density at radius 1 is 0.903 bits per heavy atom. The predicted octanol–water partition coefficient (Wildman–Crippen LogP) is 6.63. The maximum Gasteiger partial charge on any atom is 0.303 e. The summed E-state index contributed by atoms with van der Waals surface area (Å²) < 4.78 is 2.04. The Labute approximate surface area is 191 Å². The summed E-state index contributed by atoms with van der Waals surface area (Å²) in [5, 5.41) is 14.3. The molecule has 3 aromatic carbocycles. The maximum atomic E-state index is 10.7. The number of aliphatic carboxylic acids is 1. The van der Waals surface area contributed by atoms with E-state index in [9.17, 15) is 4.79 Å². The summed E-state index contributed by atoms with van der Waals surface area (Å²) in [6.07, 6.45) is 0.673. The van der Waals surface area contributed by atoms with Crippen molar-refractivity contribution in [3.63, 3.8) is 0 Å². The van der Waals surface area contributed by atoms with E-state index >= 15 is 0 Å². The number of anilines is 1. The van der Waals surface area contributed by atoms with Gasteiger partial charge in [0.1, 0.15) is 5.15 Å². The molecule has 2 N–H and O–H groups in total. The van der Waals surface area contributed by atoms with Crippen molar-refractivity contribution in [1.82, 2.24) is 4.57 Å². The van der Waals surface area contributed by atoms with Crippen LogP contribution in [0.4, 0.5) is 5.69 Å². The molecule has 4 aromatic rings. The van der Waals surface area contributed by atoms with Gasteiger partial charge in [-0.3, -0.25) is 4.79 Å². The monoisotopic (exact) mass is 452 g/mol. The Bertz CT molecular complexity index is 1200. The van der Waals surface area contributed by atoms with Crippen molar-refractivity contribution in [2.75, 3.05) is 5.32 Å². The third-order valence-corrected chi connectivity index (χ3v) is 6.14. The number of nitrogens with one attached hydrogen (secondary N) is 1. The SMILES string of the molecule is O=C(O)CCc1ccc(NCc2ccc3c(Cl)c(Cl)n(Cc4ccccc4)c3c2)cc1. The van der Waals surface area contributed by atoms with Crippen molar-refractivity contribution in [3.8, 4) is 0 Å². The zero-order chi connectivity index (χ0) is 21.8. The molecular weight excluding hydrogens is 431 g/mol. The van der Waals surface area contributed by atoms with Crippen molar-refractivity contribution in [2.45, 2.75) is 25.9 Å². The highest BCUT2D eigenvalue weighted by atomic mass is 35.5.